The van der Waals surface area contributed by atoms with E-state index in [2.05, 4.69) is 29.2 Å². The standard InChI is InChI=1S/C17H25NO2S/c1-2-19-16-6-4-3-5-15(16)18-14-7-10-20-17(13-14)8-11-21-12-9-17/h3-6,14,18H,2,7-13H2,1H3. The summed E-state index contributed by atoms with van der Waals surface area (Å²) in [6, 6.07) is 8.74. The molecule has 3 rings (SSSR count). The van der Waals surface area contributed by atoms with Gasteiger partial charge in [-0.3, -0.25) is 0 Å². The molecule has 116 valence electrons. The first-order valence-electron chi connectivity index (χ1n) is 8.01. The lowest BCUT2D eigenvalue weighted by Gasteiger charge is -2.43. The zero-order valence-electron chi connectivity index (χ0n) is 12.8. The van der Waals surface area contributed by atoms with Gasteiger partial charge in [0.2, 0.25) is 0 Å². The zero-order chi connectivity index (χ0) is 14.5. The van der Waals surface area contributed by atoms with Gasteiger partial charge in [-0.05, 0) is 56.2 Å². The summed E-state index contributed by atoms with van der Waals surface area (Å²) in [5.41, 5.74) is 1.24. The van der Waals surface area contributed by atoms with E-state index in [1.165, 1.54) is 24.3 Å². The number of hydrogen-bond acceptors (Lipinski definition) is 4. The Kier molecular flexibility index (Phi) is 4.96. The summed E-state index contributed by atoms with van der Waals surface area (Å²) in [4.78, 5) is 0. The highest BCUT2D eigenvalue weighted by atomic mass is 32.2. The Balaban J connectivity index is 1.67. The maximum absolute atomic E-state index is 6.17. The Morgan fingerprint density at radius 1 is 1.33 bits per heavy atom. The van der Waals surface area contributed by atoms with E-state index < -0.39 is 0 Å². The number of hydrogen-bond donors (Lipinski definition) is 1. The summed E-state index contributed by atoms with van der Waals surface area (Å²) >= 11 is 2.06. The third-order valence-electron chi connectivity index (χ3n) is 4.44. The second-order valence-corrected chi connectivity index (χ2v) is 7.13. The van der Waals surface area contributed by atoms with Crippen molar-refractivity contribution in [1.29, 1.82) is 0 Å². The SMILES string of the molecule is CCOc1ccccc1NC1CCOC2(CCSCC2)C1. The molecular weight excluding hydrogens is 282 g/mol. The van der Waals surface area contributed by atoms with Gasteiger partial charge in [-0.25, -0.2) is 0 Å². The number of anilines is 1. The van der Waals surface area contributed by atoms with Gasteiger partial charge in [0.15, 0.2) is 0 Å². The van der Waals surface area contributed by atoms with Crippen LogP contribution in [0.25, 0.3) is 0 Å². The molecular formula is C17H25NO2S. The minimum absolute atomic E-state index is 0.127. The van der Waals surface area contributed by atoms with E-state index in [0.29, 0.717) is 12.6 Å². The topological polar surface area (TPSA) is 30.5 Å². The fourth-order valence-corrected chi connectivity index (χ4v) is 4.57. The van der Waals surface area contributed by atoms with Crippen LogP contribution in [0.3, 0.4) is 0 Å². The lowest BCUT2D eigenvalue weighted by molar-refractivity contribution is -0.0865. The van der Waals surface area contributed by atoms with Crippen molar-refractivity contribution in [1.82, 2.24) is 0 Å². The van der Waals surface area contributed by atoms with E-state index in [0.717, 1.165) is 30.9 Å². The Bertz CT molecular complexity index is 454. The Labute approximate surface area is 131 Å². The van der Waals surface area contributed by atoms with Crippen molar-refractivity contribution in [2.75, 3.05) is 30.0 Å². The molecule has 2 aliphatic heterocycles. The van der Waals surface area contributed by atoms with Crippen molar-refractivity contribution in [3.05, 3.63) is 24.3 Å². The maximum Gasteiger partial charge on any atom is 0.142 e. The van der Waals surface area contributed by atoms with Crippen LogP contribution < -0.4 is 10.1 Å². The van der Waals surface area contributed by atoms with E-state index in [9.17, 15) is 0 Å². The summed E-state index contributed by atoms with van der Waals surface area (Å²) < 4.78 is 11.9. The molecule has 1 spiro atoms. The molecule has 3 nitrogen and oxygen atoms in total. The minimum atomic E-state index is 0.127. The van der Waals surface area contributed by atoms with Gasteiger partial charge >= 0.3 is 0 Å². The van der Waals surface area contributed by atoms with Crippen LogP contribution in [-0.2, 0) is 4.74 Å². The van der Waals surface area contributed by atoms with Gasteiger partial charge in [-0.15, -0.1) is 0 Å². The number of rotatable bonds is 4. The average Bonchev–Trinajstić information content (AvgIpc) is 2.50. The lowest BCUT2D eigenvalue weighted by Crippen LogP contribution is -2.46. The van der Waals surface area contributed by atoms with Crippen molar-refractivity contribution in [3.63, 3.8) is 0 Å². The molecule has 4 heteroatoms. The van der Waals surface area contributed by atoms with Crippen LogP contribution in [0, 0.1) is 0 Å². The van der Waals surface area contributed by atoms with Gasteiger partial charge in [0.05, 0.1) is 17.9 Å². The molecule has 0 radical (unpaired) electrons. The molecule has 2 saturated heterocycles. The Hall–Kier alpha value is -0.870. The summed E-state index contributed by atoms with van der Waals surface area (Å²) in [7, 11) is 0. The van der Waals surface area contributed by atoms with Gasteiger partial charge in [-0.1, -0.05) is 12.1 Å². The molecule has 1 atom stereocenters. The highest BCUT2D eigenvalue weighted by molar-refractivity contribution is 7.99. The van der Waals surface area contributed by atoms with Crippen molar-refractivity contribution in [3.8, 4) is 5.75 Å². The second-order valence-electron chi connectivity index (χ2n) is 5.91. The van der Waals surface area contributed by atoms with Crippen molar-refractivity contribution >= 4 is 17.4 Å². The van der Waals surface area contributed by atoms with Crippen LogP contribution in [0.5, 0.6) is 5.75 Å². The fourth-order valence-electron chi connectivity index (χ4n) is 3.33. The molecule has 2 fully saturated rings. The van der Waals surface area contributed by atoms with Crippen LogP contribution in [0.4, 0.5) is 5.69 Å². The lowest BCUT2D eigenvalue weighted by atomic mass is 9.85. The summed E-state index contributed by atoms with van der Waals surface area (Å²) in [5, 5.41) is 3.69. The molecule has 0 aromatic heterocycles. The number of para-hydroxylation sites is 2. The van der Waals surface area contributed by atoms with Gasteiger partial charge < -0.3 is 14.8 Å². The van der Waals surface area contributed by atoms with E-state index >= 15 is 0 Å². The van der Waals surface area contributed by atoms with E-state index in [1.54, 1.807) is 0 Å². The van der Waals surface area contributed by atoms with Gasteiger partial charge in [0.25, 0.3) is 0 Å². The summed E-state index contributed by atoms with van der Waals surface area (Å²) in [5.74, 6) is 3.43. The second kappa shape index (κ2) is 6.93. The molecule has 1 aromatic rings. The van der Waals surface area contributed by atoms with E-state index in [4.69, 9.17) is 9.47 Å². The Morgan fingerprint density at radius 2 is 2.14 bits per heavy atom. The highest BCUT2D eigenvalue weighted by Crippen LogP contribution is 2.39. The molecule has 0 saturated carbocycles. The average molecular weight is 307 g/mol. The minimum Gasteiger partial charge on any atom is -0.492 e. The highest BCUT2D eigenvalue weighted by Gasteiger charge is 2.38. The summed E-state index contributed by atoms with van der Waals surface area (Å²) in [6.45, 7) is 3.60. The summed E-state index contributed by atoms with van der Waals surface area (Å²) in [6.07, 6.45) is 4.59. The normalized spacial score (nSPS) is 24.7. The number of thioether (sulfide) groups is 1. The molecule has 2 heterocycles. The molecule has 1 N–H and O–H groups in total. The number of ether oxygens (including phenoxy) is 2. The van der Waals surface area contributed by atoms with Gasteiger partial charge in [0.1, 0.15) is 5.75 Å². The van der Waals surface area contributed by atoms with Gasteiger partial charge in [0, 0.05) is 12.6 Å². The van der Waals surface area contributed by atoms with Gasteiger partial charge in [-0.2, -0.15) is 11.8 Å². The third kappa shape index (κ3) is 3.67. The first-order valence-corrected chi connectivity index (χ1v) is 9.17. The molecule has 0 amide bonds. The smallest absolute Gasteiger partial charge is 0.142 e. The monoisotopic (exact) mass is 307 g/mol. The maximum atomic E-state index is 6.17. The fraction of sp³-hybridized carbons (Fsp3) is 0.647. The number of nitrogens with one attached hydrogen (secondary N) is 1. The van der Waals surface area contributed by atoms with Crippen molar-refractivity contribution in [2.45, 2.75) is 44.2 Å². The Morgan fingerprint density at radius 3 is 2.95 bits per heavy atom. The van der Waals surface area contributed by atoms with Crippen LogP contribution in [-0.4, -0.2) is 36.4 Å². The first kappa shape index (κ1) is 15.0. The van der Waals surface area contributed by atoms with E-state index in [-0.39, 0.29) is 5.60 Å². The van der Waals surface area contributed by atoms with Crippen LogP contribution in [0.15, 0.2) is 24.3 Å². The predicted molar refractivity (Wildman–Crippen MR) is 89.5 cm³/mol. The van der Waals surface area contributed by atoms with Crippen LogP contribution in [0.1, 0.15) is 32.6 Å². The predicted octanol–water partition coefficient (Wildman–Crippen LogP) is 3.94. The molecule has 0 bridgehead atoms. The van der Waals surface area contributed by atoms with Crippen molar-refractivity contribution in [2.24, 2.45) is 0 Å². The number of benzene rings is 1. The molecule has 0 aliphatic carbocycles. The van der Waals surface area contributed by atoms with E-state index in [1.807, 2.05) is 19.1 Å². The quantitative estimate of drug-likeness (QED) is 0.912. The molecule has 1 unspecified atom stereocenters. The molecule has 1 aromatic carbocycles. The van der Waals surface area contributed by atoms with Crippen LogP contribution >= 0.6 is 11.8 Å². The van der Waals surface area contributed by atoms with Crippen LogP contribution in [0.2, 0.25) is 0 Å². The first-order chi connectivity index (χ1) is 10.3. The largest absolute Gasteiger partial charge is 0.492 e. The molecule has 21 heavy (non-hydrogen) atoms. The third-order valence-corrected chi connectivity index (χ3v) is 5.43. The molecule has 2 aliphatic rings. The zero-order valence-corrected chi connectivity index (χ0v) is 13.6. The van der Waals surface area contributed by atoms with Crippen molar-refractivity contribution < 1.29 is 9.47 Å².